The van der Waals surface area contributed by atoms with Gasteiger partial charge in [0.25, 0.3) is 5.56 Å². The van der Waals surface area contributed by atoms with Gasteiger partial charge in [0.2, 0.25) is 0 Å². The molecule has 1 aliphatic heterocycles. The fourth-order valence-corrected chi connectivity index (χ4v) is 3.20. The monoisotopic (exact) mass is 349 g/mol. The van der Waals surface area contributed by atoms with E-state index in [-0.39, 0.29) is 5.56 Å². The van der Waals surface area contributed by atoms with Gasteiger partial charge in [0.1, 0.15) is 5.82 Å². The molecule has 4 rings (SSSR count). The molecule has 2 aromatic heterocycles. The van der Waals surface area contributed by atoms with Crippen molar-refractivity contribution in [3.8, 4) is 11.4 Å². The number of H-pyrrole nitrogens is 1. The number of pyridine rings is 1. The Morgan fingerprint density at radius 3 is 2.65 bits per heavy atom. The maximum atomic E-state index is 12.6. The lowest BCUT2D eigenvalue weighted by atomic mass is 10.1. The fourth-order valence-electron chi connectivity index (χ4n) is 3.20. The number of aromatic amines is 1. The molecule has 1 aliphatic rings. The largest absolute Gasteiger partial charge is 0.619 e. The van der Waals surface area contributed by atoms with E-state index < -0.39 is 0 Å². The van der Waals surface area contributed by atoms with Crippen molar-refractivity contribution in [3.63, 3.8) is 0 Å². The molecule has 3 heterocycles. The van der Waals surface area contributed by atoms with Crippen molar-refractivity contribution in [2.24, 2.45) is 0 Å². The van der Waals surface area contributed by atoms with Crippen LogP contribution >= 0.6 is 0 Å². The van der Waals surface area contributed by atoms with Gasteiger partial charge in [-0.15, -0.1) is 0 Å². The molecule has 0 atom stereocenters. The zero-order valence-corrected chi connectivity index (χ0v) is 14.2. The van der Waals surface area contributed by atoms with Gasteiger partial charge in [-0.25, -0.2) is 4.98 Å². The number of fused-ring (bicyclic) bond motifs is 1. The minimum Gasteiger partial charge on any atom is -0.619 e. The smallest absolute Gasteiger partial charge is 0.255 e. The molecule has 7 heteroatoms. The molecule has 3 aromatic rings. The van der Waals surface area contributed by atoms with Gasteiger partial charge < -0.3 is 15.9 Å². The first-order chi connectivity index (χ1) is 12.6. The molecule has 0 radical (unpaired) electrons. The summed E-state index contributed by atoms with van der Waals surface area (Å²) in [5.74, 6) is 0.574. The fraction of sp³-hybridized carbons (Fsp3) is 0.211. The molecule has 0 saturated heterocycles. The van der Waals surface area contributed by atoms with Gasteiger partial charge >= 0.3 is 0 Å². The Bertz CT molecular complexity index is 980. The first kappa shape index (κ1) is 16.3. The highest BCUT2D eigenvalue weighted by Gasteiger charge is 2.21. The lowest BCUT2D eigenvalue weighted by Crippen LogP contribution is -2.35. The molecule has 1 aromatic carbocycles. The topological polar surface area (TPSA) is 102 Å². The maximum absolute atomic E-state index is 12.6. The van der Waals surface area contributed by atoms with Gasteiger partial charge in [-0.3, -0.25) is 9.69 Å². The molecule has 0 amide bonds. The van der Waals surface area contributed by atoms with E-state index in [1.807, 2.05) is 12.1 Å². The molecule has 0 aliphatic carbocycles. The Balaban J connectivity index is 1.57. The highest BCUT2D eigenvalue weighted by atomic mass is 16.5. The third-order valence-electron chi connectivity index (χ3n) is 4.61. The van der Waals surface area contributed by atoms with E-state index in [4.69, 9.17) is 5.73 Å². The van der Waals surface area contributed by atoms with E-state index in [0.717, 1.165) is 34.5 Å². The van der Waals surface area contributed by atoms with Gasteiger partial charge in [-0.05, 0) is 29.8 Å². The van der Waals surface area contributed by atoms with Crippen LogP contribution in [0.3, 0.4) is 0 Å². The summed E-state index contributed by atoms with van der Waals surface area (Å²) < 4.78 is 0.766. The second kappa shape index (κ2) is 6.61. The van der Waals surface area contributed by atoms with Crippen LogP contribution < -0.4 is 16.0 Å². The van der Waals surface area contributed by atoms with E-state index in [9.17, 15) is 10.0 Å². The van der Waals surface area contributed by atoms with Crippen molar-refractivity contribution in [3.05, 3.63) is 81.2 Å². The van der Waals surface area contributed by atoms with Crippen molar-refractivity contribution in [2.45, 2.75) is 19.5 Å². The molecule has 26 heavy (non-hydrogen) atoms. The molecular formula is C19H19N5O2. The minimum atomic E-state index is -0.100. The molecule has 0 fully saturated rings. The lowest BCUT2D eigenvalue weighted by molar-refractivity contribution is -0.605. The average Bonchev–Trinajstić information content (AvgIpc) is 2.64. The van der Waals surface area contributed by atoms with E-state index in [1.54, 1.807) is 24.3 Å². The summed E-state index contributed by atoms with van der Waals surface area (Å²) in [6.07, 6.45) is 3.69. The summed E-state index contributed by atoms with van der Waals surface area (Å²) in [4.78, 5) is 22.3. The van der Waals surface area contributed by atoms with Gasteiger partial charge in [0.05, 0.1) is 11.3 Å². The zero-order chi connectivity index (χ0) is 18.1. The second-order valence-corrected chi connectivity index (χ2v) is 6.49. The van der Waals surface area contributed by atoms with E-state index in [1.165, 1.54) is 12.4 Å². The van der Waals surface area contributed by atoms with Gasteiger partial charge in [0, 0.05) is 49.4 Å². The highest BCUT2D eigenvalue weighted by Crippen LogP contribution is 2.20. The first-order valence-electron chi connectivity index (χ1n) is 8.46. The van der Waals surface area contributed by atoms with Crippen molar-refractivity contribution in [1.82, 2.24) is 14.9 Å². The van der Waals surface area contributed by atoms with Crippen LogP contribution in [0, 0.1) is 5.21 Å². The summed E-state index contributed by atoms with van der Waals surface area (Å²) in [5.41, 5.74) is 9.74. The number of aromatic nitrogens is 3. The number of nitrogens with zero attached hydrogens (tertiary/aromatic N) is 3. The van der Waals surface area contributed by atoms with Crippen molar-refractivity contribution in [2.75, 3.05) is 12.3 Å². The van der Waals surface area contributed by atoms with Crippen LogP contribution in [-0.4, -0.2) is 21.4 Å². The van der Waals surface area contributed by atoms with Crippen LogP contribution in [-0.2, 0) is 19.5 Å². The summed E-state index contributed by atoms with van der Waals surface area (Å²) in [6, 6.07) is 10.9. The quantitative estimate of drug-likeness (QED) is 0.420. The van der Waals surface area contributed by atoms with Gasteiger partial charge in [-0.2, -0.15) is 4.73 Å². The average molecular weight is 349 g/mol. The summed E-state index contributed by atoms with van der Waals surface area (Å²) in [7, 11) is 0. The van der Waals surface area contributed by atoms with Crippen LogP contribution in [0.4, 0.5) is 5.69 Å². The molecule has 0 bridgehead atoms. The Kier molecular flexibility index (Phi) is 4.14. The van der Waals surface area contributed by atoms with Crippen molar-refractivity contribution in [1.29, 1.82) is 0 Å². The molecule has 0 unspecified atom stereocenters. The van der Waals surface area contributed by atoms with E-state index >= 15 is 0 Å². The van der Waals surface area contributed by atoms with Crippen molar-refractivity contribution >= 4 is 5.69 Å². The normalized spacial score (nSPS) is 14.2. The van der Waals surface area contributed by atoms with Crippen LogP contribution in [0.15, 0.2) is 53.6 Å². The van der Waals surface area contributed by atoms with Crippen molar-refractivity contribution < 1.29 is 4.73 Å². The third kappa shape index (κ3) is 3.29. The Morgan fingerprint density at radius 2 is 1.92 bits per heavy atom. The van der Waals surface area contributed by atoms with Crippen LogP contribution in [0.1, 0.15) is 16.8 Å². The summed E-state index contributed by atoms with van der Waals surface area (Å²) in [5, 5.41) is 11.1. The predicted molar refractivity (Wildman–Crippen MR) is 97.9 cm³/mol. The number of hydrogen-bond donors (Lipinski definition) is 2. The number of anilines is 1. The summed E-state index contributed by atoms with van der Waals surface area (Å²) in [6.45, 7) is 2.06. The van der Waals surface area contributed by atoms with Gasteiger partial charge in [-0.1, -0.05) is 0 Å². The molecule has 3 N–H and O–H groups in total. The molecule has 0 spiro atoms. The van der Waals surface area contributed by atoms with Crippen LogP contribution in [0.5, 0.6) is 0 Å². The third-order valence-corrected chi connectivity index (χ3v) is 4.61. The molecule has 0 saturated carbocycles. The number of nitrogens with two attached hydrogens (primary N) is 1. The number of rotatable bonds is 3. The number of nitrogen functional groups attached to an aromatic ring is 1. The lowest BCUT2D eigenvalue weighted by Gasteiger charge is -2.27. The summed E-state index contributed by atoms with van der Waals surface area (Å²) >= 11 is 0. The predicted octanol–water partition coefficient (Wildman–Crippen LogP) is 1.21. The number of nitrogens with one attached hydrogen (secondary N) is 1. The molecule has 7 nitrogen and oxygen atoms in total. The Labute approximate surface area is 150 Å². The number of benzene rings is 1. The second-order valence-electron chi connectivity index (χ2n) is 6.49. The zero-order valence-electron chi connectivity index (χ0n) is 14.2. The van der Waals surface area contributed by atoms with Gasteiger partial charge in [0.15, 0.2) is 12.4 Å². The van der Waals surface area contributed by atoms with E-state index in [0.29, 0.717) is 30.2 Å². The SMILES string of the molecule is Nc1ccc(-c2nc3c(c(=O)[nH]2)CN(Cc2cc[n+]([O-])cc2)CC3)cc1. The highest BCUT2D eigenvalue weighted by molar-refractivity contribution is 5.58. The van der Waals surface area contributed by atoms with E-state index in [2.05, 4.69) is 14.9 Å². The van der Waals surface area contributed by atoms with Crippen LogP contribution in [0.2, 0.25) is 0 Å². The Hall–Kier alpha value is -3.19. The molecule has 132 valence electrons. The maximum Gasteiger partial charge on any atom is 0.255 e. The first-order valence-corrected chi connectivity index (χ1v) is 8.46. The standard InChI is InChI=1S/C19H19N5O2/c20-15-3-1-14(2-4-15)18-21-17-7-8-23(12-16(17)19(25)22-18)11-13-5-9-24(26)10-6-13/h1-6,9-10H,7-8,11-12,20H2,(H,21,22,25). The van der Waals surface area contributed by atoms with Crippen LogP contribution in [0.25, 0.3) is 11.4 Å². The number of hydrogen-bond acceptors (Lipinski definition) is 5. The minimum absolute atomic E-state index is 0.100. The molecular weight excluding hydrogens is 330 g/mol. The Morgan fingerprint density at radius 1 is 1.19 bits per heavy atom.